The molecule has 0 saturated heterocycles. The number of anilines is 2. The van der Waals surface area contributed by atoms with Crippen LogP contribution in [0.2, 0.25) is 0 Å². The molecule has 0 bridgehead atoms. The number of hydrogen-bond donors (Lipinski definition) is 6. The molecule has 0 spiro atoms. The predicted molar refractivity (Wildman–Crippen MR) is 251 cm³/mol. The normalized spacial score (nSPS) is 23.1. The average molecular weight is 877 g/mol. The minimum absolute atomic E-state index is 0.00873. The zero-order chi connectivity index (χ0) is 45.4. The van der Waals surface area contributed by atoms with Gasteiger partial charge in [-0.05, 0) is 123 Å². The van der Waals surface area contributed by atoms with Crippen LogP contribution in [0.25, 0.3) is 43.9 Å². The molecule has 2 saturated carbocycles. The van der Waals surface area contributed by atoms with Crippen molar-refractivity contribution in [2.45, 2.75) is 109 Å². The highest BCUT2D eigenvalue weighted by molar-refractivity contribution is 5.90. The maximum Gasteiger partial charge on any atom is 0.222 e. The highest BCUT2D eigenvalue weighted by Gasteiger charge is 2.43. The molecular formula is C50H56N10O5. The largest absolute Gasteiger partial charge is 0.390 e. The molecular weight excluding hydrogens is 821 g/mol. The highest BCUT2D eigenvalue weighted by atomic mass is 16.3. The monoisotopic (exact) mass is 876 g/mol. The van der Waals surface area contributed by atoms with Gasteiger partial charge in [0.2, 0.25) is 5.91 Å². The van der Waals surface area contributed by atoms with Gasteiger partial charge in [-0.1, -0.05) is 38.1 Å². The van der Waals surface area contributed by atoms with Crippen molar-refractivity contribution in [2.75, 3.05) is 11.1 Å². The van der Waals surface area contributed by atoms with E-state index in [1.807, 2.05) is 57.9 Å². The van der Waals surface area contributed by atoms with E-state index in [9.17, 15) is 25.2 Å². The summed E-state index contributed by atoms with van der Waals surface area (Å²) in [6.07, 6.45) is 9.96. The molecule has 6 aromatic heterocycles. The van der Waals surface area contributed by atoms with E-state index in [0.29, 0.717) is 24.5 Å². The molecule has 65 heavy (non-hydrogen) atoms. The molecule has 8 atom stereocenters. The van der Waals surface area contributed by atoms with Gasteiger partial charge in [-0.3, -0.25) is 4.79 Å². The lowest BCUT2D eigenvalue weighted by Crippen LogP contribution is -2.29. The molecule has 2 aromatic carbocycles. The Labute approximate surface area is 376 Å². The zero-order valence-corrected chi connectivity index (χ0v) is 36.9. The Morgan fingerprint density at radius 1 is 0.646 bits per heavy atom. The third-order valence-electron chi connectivity index (χ3n) is 13.6. The number of aliphatic hydroxyl groups is 4. The Bertz CT molecular complexity index is 2990. The second kappa shape index (κ2) is 18.6. The molecule has 336 valence electrons. The lowest BCUT2D eigenvalue weighted by atomic mass is 9.95. The first kappa shape index (κ1) is 43.8. The van der Waals surface area contributed by atoms with Gasteiger partial charge in [0, 0.05) is 40.9 Å². The maximum atomic E-state index is 11.3. The topological polar surface area (TPSA) is 223 Å². The van der Waals surface area contributed by atoms with E-state index in [2.05, 4.69) is 73.3 Å². The number of nitrogen functional groups attached to an aromatic ring is 1. The first-order chi connectivity index (χ1) is 31.5. The van der Waals surface area contributed by atoms with Crippen LogP contribution in [0.3, 0.4) is 0 Å². The Morgan fingerprint density at radius 2 is 1.12 bits per heavy atom. The zero-order valence-electron chi connectivity index (χ0n) is 36.9. The molecule has 2 fully saturated rings. The van der Waals surface area contributed by atoms with E-state index in [0.717, 1.165) is 105 Å². The number of amides is 1. The van der Waals surface area contributed by atoms with E-state index >= 15 is 0 Å². The fraction of sp³-hybridized carbons (Fsp3) is 0.380. The number of hydrogen-bond acceptors (Lipinski definition) is 12. The van der Waals surface area contributed by atoms with E-state index in [4.69, 9.17) is 5.73 Å². The number of nitrogens with zero attached hydrogens (tertiary/aromatic N) is 8. The summed E-state index contributed by atoms with van der Waals surface area (Å²) in [6.45, 7) is 5.59. The number of benzene rings is 2. The number of rotatable bonds is 11. The Hall–Kier alpha value is -6.39. The number of aromatic nitrogens is 8. The number of fused-ring (bicyclic) bond motifs is 4. The van der Waals surface area contributed by atoms with Gasteiger partial charge in [-0.25, -0.2) is 29.9 Å². The number of pyridine rings is 2. The quantitative estimate of drug-likeness (QED) is 0.0825. The van der Waals surface area contributed by atoms with E-state index < -0.39 is 24.4 Å². The Morgan fingerprint density at radius 3 is 1.62 bits per heavy atom. The summed E-state index contributed by atoms with van der Waals surface area (Å²) in [5.41, 5.74) is 13.4. The van der Waals surface area contributed by atoms with Crippen LogP contribution in [0.5, 0.6) is 0 Å². The minimum Gasteiger partial charge on any atom is -0.390 e. The summed E-state index contributed by atoms with van der Waals surface area (Å²) in [7, 11) is 0. The molecule has 1 amide bonds. The highest BCUT2D eigenvalue weighted by Crippen LogP contribution is 2.41. The van der Waals surface area contributed by atoms with Gasteiger partial charge in [0.15, 0.2) is 0 Å². The summed E-state index contributed by atoms with van der Waals surface area (Å²) >= 11 is 0. The summed E-state index contributed by atoms with van der Waals surface area (Å²) in [6, 6.07) is 23.4. The fourth-order valence-electron chi connectivity index (χ4n) is 10.1. The lowest BCUT2D eigenvalue weighted by molar-refractivity contribution is -0.114. The van der Waals surface area contributed by atoms with Crippen molar-refractivity contribution in [3.63, 3.8) is 0 Å². The second-order valence-corrected chi connectivity index (χ2v) is 17.6. The number of carbonyl (C=O) groups excluding carboxylic acids is 1. The van der Waals surface area contributed by atoms with Crippen LogP contribution >= 0.6 is 0 Å². The van der Waals surface area contributed by atoms with Crippen LogP contribution in [-0.4, -0.2) is 89.8 Å². The third kappa shape index (κ3) is 8.88. The van der Waals surface area contributed by atoms with E-state index in [1.165, 1.54) is 6.92 Å². The molecule has 8 aromatic rings. The summed E-state index contributed by atoms with van der Waals surface area (Å²) < 4.78 is 4.00. The maximum absolute atomic E-state index is 11.3. The van der Waals surface area contributed by atoms with Crippen LogP contribution in [0.15, 0.2) is 97.8 Å². The number of nitrogens with two attached hydrogens (primary N) is 1. The van der Waals surface area contributed by atoms with Crippen molar-refractivity contribution in [2.24, 2.45) is 11.8 Å². The van der Waals surface area contributed by atoms with E-state index in [-0.39, 0.29) is 29.8 Å². The second-order valence-electron chi connectivity index (χ2n) is 17.6. The van der Waals surface area contributed by atoms with Crippen molar-refractivity contribution in [1.82, 2.24) is 39.0 Å². The number of aliphatic hydroxyl groups excluding tert-OH is 4. The summed E-state index contributed by atoms with van der Waals surface area (Å²) in [4.78, 5) is 37.9. The molecule has 6 heterocycles. The molecule has 2 aliphatic rings. The molecule has 0 aliphatic heterocycles. The average Bonchev–Trinajstić information content (AvgIpc) is 4.08. The van der Waals surface area contributed by atoms with Crippen LogP contribution in [0, 0.1) is 11.8 Å². The van der Waals surface area contributed by atoms with Gasteiger partial charge in [-0.2, -0.15) is 0 Å². The van der Waals surface area contributed by atoms with Crippen LogP contribution in [0.4, 0.5) is 11.6 Å². The molecule has 15 nitrogen and oxygen atoms in total. The van der Waals surface area contributed by atoms with Gasteiger partial charge >= 0.3 is 0 Å². The molecule has 7 N–H and O–H groups in total. The molecule has 2 aliphatic carbocycles. The smallest absolute Gasteiger partial charge is 0.222 e. The number of aryl methyl sites for hydroxylation is 4. The molecule has 0 radical (unpaired) electrons. The van der Waals surface area contributed by atoms with Gasteiger partial charge in [0.1, 0.15) is 47.8 Å². The Balaban J connectivity index is 0.000000165. The molecule has 10 rings (SSSR count). The third-order valence-corrected chi connectivity index (χ3v) is 13.6. The number of carbonyl (C=O) groups is 1. The summed E-state index contributed by atoms with van der Waals surface area (Å²) in [5, 5.41) is 50.1. The van der Waals surface area contributed by atoms with Crippen molar-refractivity contribution >= 4 is 61.4 Å². The van der Waals surface area contributed by atoms with Gasteiger partial charge in [-0.15, -0.1) is 0 Å². The fourth-order valence-corrected chi connectivity index (χ4v) is 10.1. The van der Waals surface area contributed by atoms with E-state index in [1.54, 1.807) is 24.8 Å². The summed E-state index contributed by atoms with van der Waals surface area (Å²) in [5.74, 6) is 0.868. The first-order valence-corrected chi connectivity index (χ1v) is 22.6. The SMILES string of the molecule is CCc1ncnc2c1ccn2[C@@H]1C[C@H](CCc2ccc3ccc(N)nc3c2)[C@@H](O)[C@H]1O.CCc1ncnc2c1ccn2[C@@H]1C[C@H](CCc2ccc3ccc(NC(C)=O)nc3c2)[C@@H](O)[C@H]1O. The van der Waals surface area contributed by atoms with Crippen LogP contribution in [-0.2, 0) is 30.5 Å². The Kier molecular flexibility index (Phi) is 12.6. The van der Waals surface area contributed by atoms with Crippen LogP contribution in [0.1, 0.15) is 81.1 Å². The van der Waals surface area contributed by atoms with Crippen LogP contribution < -0.4 is 11.1 Å². The van der Waals surface area contributed by atoms with Crippen molar-refractivity contribution in [3.8, 4) is 0 Å². The van der Waals surface area contributed by atoms with Crippen molar-refractivity contribution in [1.29, 1.82) is 0 Å². The van der Waals surface area contributed by atoms with Gasteiger partial charge < -0.3 is 40.6 Å². The predicted octanol–water partition coefficient (Wildman–Crippen LogP) is 6.46. The molecule has 15 heteroatoms. The molecule has 0 unspecified atom stereocenters. The van der Waals surface area contributed by atoms with Crippen molar-refractivity contribution < 1.29 is 25.2 Å². The minimum atomic E-state index is -0.848. The first-order valence-electron chi connectivity index (χ1n) is 22.6. The van der Waals surface area contributed by atoms with Gasteiger partial charge in [0.05, 0.1) is 46.7 Å². The van der Waals surface area contributed by atoms with Crippen molar-refractivity contribution in [3.05, 3.63) is 120 Å². The van der Waals surface area contributed by atoms with Gasteiger partial charge in [0.25, 0.3) is 0 Å². The standard InChI is InChI=1S/C26H29N5O3.C24H27N5O2/c1-3-20-19-10-11-31(26(19)28-14-27-20)22-13-18(24(33)25(22)34)7-5-16-4-6-17-8-9-23(29-15(2)32)30-21(17)12-16;1-2-18-17-9-10-29(24(17)27-13-26-18)20-12-16(22(30)23(20)31)6-4-14-3-5-15-7-8-21(25)28-19(15)11-14/h4,6,8-12,14,18,22,24-25,33-34H,3,5,7,13H2,1-2H3,(H,29,30,32);3,5,7-11,13,16,20,22-23,30-31H,2,4,6,12H2,1H3,(H2,25,28)/t18-,22+,24+,25-;16-,20+,22+,23-/m00/s1. The number of nitrogens with one attached hydrogen (secondary N) is 1. The lowest BCUT2D eigenvalue weighted by Gasteiger charge is -2.19.